The number of nitrogens with zero attached hydrogens (tertiary/aromatic N) is 2. The summed E-state index contributed by atoms with van der Waals surface area (Å²) in [6.45, 7) is 4.14. The van der Waals surface area contributed by atoms with Gasteiger partial charge in [-0.25, -0.2) is 0 Å². The maximum Gasteiger partial charge on any atom is 0.0970 e. The first-order valence-electron chi connectivity index (χ1n) is 5.37. The third-order valence-corrected chi connectivity index (χ3v) is 2.89. The Morgan fingerprint density at radius 3 is 2.75 bits per heavy atom. The number of benzene rings is 1. The third kappa shape index (κ3) is 1.27. The molecule has 2 heterocycles. The van der Waals surface area contributed by atoms with Crippen LogP contribution in [0.4, 0.5) is 0 Å². The molecule has 0 fully saturated rings. The van der Waals surface area contributed by atoms with E-state index in [1.165, 1.54) is 10.9 Å². The molecule has 0 aliphatic rings. The lowest BCUT2D eigenvalue weighted by Gasteiger charge is -2.06. The van der Waals surface area contributed by atoms with Gasteiger partial charge in [0.05, 0.1) is 11.0 Å². The molecule has 2 nitrogen and oxygen atoms in total. The van der Waals surface area contributed by atoms with Crippen molar-refractivity contribution in [3.05, 3.63) is 47.8 Å². The summed E-state index contributed by atoms with van der Waals surface area (Å²) < 4.78 is 0. The first-order chi connectivity index (χ1) is 7.75. The van der Waals surface area contributed by atoms with Crippen molar-refractivity contribution in [3.8, 4) is 0 Å². The van der Waals surface area contributed by atoms with Crippen LogP contribution in [-0.2, 0) is 0 Å². The second-order valence-electron chi connectivity index (χ2n) is 4.12. The van der Waals surface area contributed by atoms with Crippen LogP contribution in [0.25, 0.3) is 21.8 Å². The van der Waals surface area contributed by atoms with E-state index in [1.807, 2.05) is 19.2 Å². The average molecular weight is 208 g/mol. The molecule has 0 radical (unpaired) electrons. The van der Waals surface area contributed by atoms with Gasteiger partial charge in [-0.3, -0.25) is 9.97 Å². The highest BCUT2D eigenvalue weighted by molar-refractivity contribution is 6.03. The van der Waals surface area contributed by atoms with Gasteiger partial charge < -0.3 is 0 Å². The largest absolute Gasteiger partial charge is 0.254 e. The maximum absolute atomic E-state index is 4.60. The summed E-state index contributed by atoms with van der Waals surface area (Å²) in [5, 5.41) is 2.34. The predicted octanol–water partition coefficient (Wildman–Crippen LogP) is 3.40. The van der Waals surface area contributed by atoms with Gasteiger partial charge in [0.2, 0.25) is 0 Å². The maximum atomic E-state index is 4.60. The highest BCUT2D eigenvalue weighted by Crippen LogP contribution is 2.24. The molecule has 0 unspecified atom stereocenters. The second-order valence-corrected chi connectivity index (χ2v) is 4.12. The molecule has 0 amide bonds. The lowest BCUT2D eigenvalue weighted by molar-refractivity contribution is 1.23. The zero-order valence-corrected chi connectivity index (χ0v) is 9.36. The Balaban J connectivity index is 2.59. The smallest absolute Gasteiger partial charge is 0.0970 e. The van der Waals surface area contributed by atoms with Crippen molar-refractivity contribution in [2.24, 2.45) is 0 Å². The van der Waals surface area contributed by atoms with Gasteiger partial charge in [-0.05, 0) is 31.5 Å². The number of aromatic nitrogens is 2. The van der Waals surface area contributed by atoms with E-state index in [9.17, 15) is 0 Å². The zero-order chi connectivity index (χ0) is 11.1. The van der Waals surface area contributed by atoms with E-state index < -0.39 is 0 Å². The Hall–Kier alpha value is -1.96. The Morgan fingerprint density at radius 1 is 1.00 bits per heavy atom. The molecule has 0 spiro atoms. The molecule has 0 saturated carbocycles. The Bertz CT molecular complexity index is 687. The van der Waals surface area contributed by atoms with Crippen LogP contribution in [0.2, 0.25) is 0 Å². The number of aryl methyl sites for hydroxylation is 2. The SMILES string of the molecule is Cc1cc(C)c2ccc3cccnc3c2n1. The van der Waals surface area contributed by atoms with Crippen molar-refractivity contribution in [2.75, 3.05) is 0 Å². The summed E-state index contributed by atoms with van der Waals surface area (Å²) in [5.74, 6) is 0. The first-order valence-corrected chi connectivity index (χ1v) is 5.37. The fraction of sp³-hybridized carbons (Fsp3) is 0.143. The summed E-state index contributed by atoms with van der Waals surface area (Å²) in [7, 11) is 0. The van der Waals surface area contributed by atoms with E-state index >= 15 is 0 Å². The minimum absolute atomic E-state index is 0.992. The number of pyridine rings is 2. The predicted molar refractivity (Wildman–Crippen MR) is 66.5 cm³/mol. The number of hydrogen-bond donors (Lipinski definition) is 0. The Kier molecular flexibility index (Phi) is 1.90. The van der Waals surface area contributed by atoms with Crippen molar-refractivity contribution in [2.45, 2.75) is 13.8 Å². The van der Waals surface area contributed by atoms with Gasteiger partial charge in [0.15, 0.2) is 0 Å². The summed E-state index contributed by atoms with van der Waals surface area (Å²) >= 11 is 0. The summed E-state index contributed by atoms with van der Waals surface area (Å²) in [6.07, 6.45) is 1.82. The molecule has 2 aromatic heterocycles. The van der Waals surface area contributed by atoms with E-state index in [0.29, 0.717) is 0 Å². The molecule has 3 aromatic rings. The number of rotatable bonds is 0. The van der Waals surface area contributed by atoms with Gasteiger partial charge in [-0.2, -0.15) is 0 Å². The highest BCUT2D eigenvalue weighted by atomic mass is 14.7. The van der Waals surface area contributed by atoms with Gasteiger partial charge in [0.25, 0.3) is 0 Å². The normalized spacial score (nSPS) is 11.1. The number of hydrogen-bond acceptors (Lipinski definition) is 2. The molecule has 1 aromatic carbocycles. The van der Waals surface area contributed by atoms with Crippen LogP contribution in [0.5, 0.6) is 0 Å². The van der Waals surface area contributed by atoms with E-state index in [4.69, 9.17) is 0 Å². The van der Waals surface area contributed by atoms with Crippen LogP contribution in [-0.4, -0.2) is 9.97 Å². The van der Waals surface area contributed by atoms with E-state index in [0.717, 1.165) is 22.1 Å². The van der Waals surface area contributed by atoms with Crippen LogP contribution < -0.4 is 0 Å². The molecule has 0 atom stereocenters. The lowest BCUT2D eigenvalue weighted by Crippen LogP contribution is -1.90. The average Bonchev–Trinajstić information content (AvgIpc) is 2.28. The molecule has 78 valence electrons. The van der Waals surface area contributed by atoms with E-state index in [2.05, 4.69) is 41.2 Å². The van der Waals surface area contributed by atoms with Gasteiger partial charge in [0.1, 0.15) is 0 Å². The lowest BCUT2D eigenvalue weighted by atomic mass is 10.1. The highest BCUT2D eigenvalue weighted by Gasteiger charge is 2.05. The molecule has 3 rings (SSSR count). The van der Waals surface area contributed by atoms with E-state index in [1.54, 1.807) is 0 Å². The minimum Gasteiger partial charge on any atom is -0.254 e. The van der Waals surface area contributed by atoms with Crippen molar-refractivity contribution in [1.82, 2.24) is 9.97 Å². The van der Waals surface area contributed by atoms with Gasteiger partial charge in [-0.15, -0.1) is 0 Å². The molecule has 0 bridgehead atoms. The van der Waals surface area contributed by atoms with Gasteiger partial charge >= 0.3 is 0 Å². The van der Waals surface area contributed by atoms with Crippen molar-refractivity contribution < 1.29 is 0 Å². The standard InChI is InChI=1S/C14H12N2/c1-9-8-10(2)16-14-12(9)6-5-11-4-3-7-15-13(11)14/h3-8H,1-2H3. The van der Waals surface area contributed by atoms with E-state index in [-0.39, 0.29) is 0 Å². The molecule has 0 saturated heterocycles. The van der Waals surface area contributed by atoms with Crippen LogP contribution in [0.15, 0.2) is 36.5 Å². The monoisotopic (exact) mass is 208 g/mol. The zero-order valence-electron chi connectivity index (χ0n) is 9.36. The van der Waals surface area contributed by atoms with Gasteiger partial charge in [0, 0.05) is 22.7 Å². The molecule has 0 aliphatic carbocycles. The third-order valence-electron chi connectivity index (χ3n) is 2.89. The molecular formula is C14H12N2. The van der Waals surface area contributed by atoms with Crippen molar-refractivity contribution in [1.29, 1.82) is 0 Å². The molecule has 0 aliphatic heterocycles. The first kappa shape index (κ1) is 9.28. The summed E-state index contributed by atoms with van der Waals surface area (Å²) in [5.41, 5.74) is 4.31. The fourth-order valence-electron chi connectivity index (χ4n) is 2.16. The minimum atomic E-state index is 0.992. The summed E-state index contributed by atoms with van der Waals surface area (Å²) in [6, 6.07) is 10.4. The molecule has 16 heavy (non-hydrogen) atoms. The van der Waals surface area contributed by atoms with Crippen LogP contribution >= 0.6 is 0 Å². The topological polar surface area (TPSA) is 25.8 Å². The van der Waals surface area contributed by atoms with Crippen LogP contribution in [0.1, 0.15) is 11.3 Å². The fourth-order valence-corrected chi connectivity index (χ4v) is 2.16. The van der Waals surface area contributed by atoms with Crippen molar-refractivity contribution >= 4 is 21.8 Å². The van der Waals surface area contributed by atoms with Crippen LogP contribution in [0, 0.1) is 13.8 Å². The van der Waals surface area contributed by atoms with Crippen LogP contribution in [0.3, 0.4) is 0 Å². The Morgan fingerprint density at radius 2 is 1.88 bits per heavy atom. The van der Waals surface area contributed by atoms with Gasteiger partial charge in [-0.1, -0.05) is 18.2 Å². The molecular weight excluding hydrogens is 196 g/mol. The quantitative estimate of drug-likeness (QED) is 0.529. The Labute approximate surface area is 94.0 Å². The second kappa shape index (κ2) is 3.27. The molecule has 2 heteroatoms. The summed E-state index contributed by atoms with van der Waals surface area (Å²) in [4.78, 5) is 9.03. The number of fused-ring (bicyclic) bond motifs is 3. The van der Waals surface area contributed by atoms with Crippen molar-refractivity contribution in [3.63, 3.8) is 0 Å². The molecule has 0 N–H and O–H groups in total.